The van der Waals surface area contributed by atoms with Gasteiger partial charge < -0.3 is 14.7 Å². The first kappa shape index (κ1) is 14.7. The summed E-state index contributed by atoms with van der Waals surface area (Å²) in [5, 5.41) is 10.2. The highest BCUT2D eigenvalue weighted by Gasteiger charge is 2.15. The van der Waals surface area contributed by atoms with Gasteiger partial charge in [0.1, 0.15) is 5.82 Å². The van der Waals surface area contributed by atoms with Gasteiger partial charge in [0.15, 0.2) is 0 Å². The third-order valence-corrected chi connectivity index (χ3v) is 3.32. The molecule has 0 saturated heterocycles. The molecule has 1 atom stereocenters. The molecule has 106 valence electrons. The topological polar surface area (TPSA) is 71.4 Å². The van der Waals surface area contributed by atoms with E-state index in [9.17, 15) is 5.11 Å². The molecule has 2 aromatic heterocycles. The van der Waals surface area contributed by atoms with Crippen LogP contribution >= 0.6 is 15.9 Å². The van der Waals surface area contributed by atoms with Crippen LogP contribution < -0.4 is 9.64 Å². The number of rotatable bonds is 5. The molecule has 0 saturated carbocycles. The monoisotopic (exact) mass is 338 g/mol. The first-order valence-corrected chi connectivity index (χ1v) is 6.76. The fourth-order valence-corrected chi connectivity index (χ4v) is 2.23. The van der Waals surface area contributed by atoms with Crippen LogP contribution in [0, 0.1) is 0 Å². The molecule has 0 bridgehead atoms. The number of nitrogens with zero attached hydrogens (tertiary/aromatic N) is 4. The predicted molar refractivity (Wildman–Crippen MR) is 78.8 cm³/mol. The van der Waals surface area contributed by atoms with Gasteiger partial charge in [-0.3, -0.25) is 4.98 Å². The Bertz CT molecular complexity index is 568. The molecule has 7 heteroatoms. The van der Waals surface area contributed by atoms with Gasteiger partial charge in [-0.2, -0.15) is 4.98 Å². The number of methoxy groups -OCH3 is 1. The Hall–Kier alpha value is -1.73. The van der Waals surface area contributed by atoms with Crippen LogP contribution in [0.4, 0.5) is 5.82 Å². The van der Waals surface area contributed by atoms with Gasteiger partial charge in [0.25, 0.3) is 0 Å². The zero-order chi connectivity index (χ0) is 14.5. The first-order valence-electron chi connectivity index (χ1n) is 5.97. The molecular formula is C13H15BrN4O2. The average Bonchev–Trinajstić information content (AvgIpc) is 2.48. The second-order valence-electron chi connectivity index (χ2n) is 4.21. The summed E-state index contributed by atoms with van der Waals surface area (Å²) < 4.78 is 5.74. The summed E-state index contributed by atoms with van der Waals surface area (Å²) in [6.45, 7) is 0.379. The van der Waals surface area contributed by atoms with Gasteiger partial charge in [-0.1, -0.05) is 6.07 Å². The molecule has 0 aromatic carbocycles. The normalized spacial score (nSPS) is 12.0. The number of likely N-dealkylation sites (N-methyl/N-ethyl adjacent to an activating group) is 1. The zero-order valence-electron chi connectivity index (χ0n) is 11.2. The summed E-state index contributed by atoms with van der Waals surface area (Å²) in [4.78, 5) is 14.1. The van der Waals surface area contributed by atoms with Crippen LogP contribution in [0.15, 0.2) is 35.2 Å². The van der Waals surface area contributed by atoms with Crippen molar-refractivity contribution in [3.8, 4) is 6.01 Å². The second kappa shape index (κ2) is 6.62. The summed E-state index contributed by atoms with van der Waals surface area (Å²) in [7, 11) is 3.35. The smallest absolute Gasteiger partial charge is 0.318 e. The molecule has 0 spiro atoms. The molecule has 0 radical (unpaired) electrons. The Labute approximate surface area is 125 Å². The maximum absolute atomic E-state index is 10.2. The maximum Gasteiger partial charge on any atom is 0.318 e. The van der Waals surface area contributed by atoms with Gasteiger partial charge in [0.2, 0.25) is 0 Å². The van der Waals surface area contributed by atoms with Crippen molar-refractivity contribution in [2.75, 3.05) is 25.6 Å². The Morgan fingerprint density at radius 1 is 1.45 bits per heavy atom. The number of pyridine rings is 1. The Morgan fingerprint density at radius 3 is 2.90 bits per heavy atom. The predicted octanol–water partition coefficient (Wildman–Crippen LogP) is 1.81. The van der Waals surface area contributed by atoms with Crippen molar-refractivity contribution in [1.29, 1.82) is 0 Å². The Kier molecular flexibility index (Phi) is 4.86. The molecular weight excluding hydrogens is 324 g/mol. The van der Waals surface area contributed by atoms with Crippen LogP contribution in [0.5, 0.6) is 6.01 Å². The lowest BCUT2D eigenvalue weighted by Crippen LogP contribution is -2.25. The molecule has 0 amide bonds. The quantitative estimate of drug-likeness (QED) is 0.896. The van der Waals surface area contributed by atoms with Gasteiger partial charge in [-0.25, -0.2) is 4.98 Å². The molecule has 2 heterocycles. The van der Waals surface area contributed by atoms with Crippen molar-refractivity contribution in [3.63, 3.8) is 0 Å². The molecule has 0 aliphatic carbocycles. The summed E-state index contributed by atoms with van der Waals surface area (Å²) in [6, 6.07) is 3.91. The number of hydrogen-bond donors (Lipinski definition) is 1. The molecule has 1 N–H and O–H groups in total. The number of ether oxygens (including phenoxy) is 1. The largest absolute Gasteiger partial charge is 0.467 e. The number of aliphatic hydroxyl groups excluding tert-OH is 1. The van der Waals surface area contributed by atoms with E-state index in [4.69, 9.17) is 4.74 Å². The molecule has 20 heavy (non-hydrogen) atoms. The van der Waals surface area contributed by atoms with Gasteiger partial charge in [-0.05, 0) is 22.0 Å². The molecule has 0 aliphatic rings. The van der Waals surface area contributed by atoms with E-state index < -0.39 is 6.10 Å². The van der Waals surface area contributed by atoms with Gasteiger partial charge >= 0.3 is 6.01 Å². The zero-order valence-corrected chi connectivity index (χ0v) is 12.8. The maximum atomic E-state index is 10.2. The van der Waals surface area contributed by atoms with E-state index in [-0.39, 0.29) is 6.01 Å². The summed E-state index contributed by atoms with van der Waals surface area (Å²) in [5.41, 5.74) is 0.761. The van der Waals surface area contributed by atoms with Crippen molar-refractivity contribution in [2.24, 2.45) is 0 Å². The van der Waals surface area contributed by atoms with Crippen molar-refractivity contribution in [3.05, 3.63) is 40.8 Å². The van der Waals surface area contributed by atoms with Crippen molar-refractivity contribution in [1.82, 2.24) is 15.0 Å². The highest BCUT2D eigenvalue weighted by atomic mass is 79.9. The van der Waals surface area contributed by atoms with Crippen molar-refractivity contribution >= 4 is 21.7 Å². The van der Waals surface area contributed by atoms with Crippen LogP contribution in [0.1, 0.15) is 11.7 Å². The highest BCUT2D eigenvalue weighted by molar-refractivity contribution is 9.10. The minimum atomic E-state index is -0.651. The summed E-state index contributed by atoms with van der Waals surface area (Å²) in [6.07, 6.45) is 4.29. The minimum absolute atomic E-state index is 0.283. The van der Waals surface area contributed by atoms with Crippen LogP contribution in [0.25, 0.3) is 0 Å². The minimum Gasteiger partial charge on any atom is -0.467 e. The Balaban J connectivity index is 2.14. The molecule has 2 rings (SSSR count). The third-order valence-electron chi connectivity index (χ3n) is 2.76. The van der Waals surface area contributed by atoms with Gasteiger partial charge in [-0.15, -0.1) is 0 Å². The van der Waals surface area contributed by atoms with Gasteiger partial charge in [0, 0.05) is 31.5 Å². The van der Waals surface area contributed by atoms with E-state index >= 15 is 0 Å². The second-order valence-corrected chi connectivity index (χ2v) is 5.07. The van der Waals surface area contributed by atoms with Crippen LogP contribution in [-0.4, -0.2) is 40.8 Å². The molecule has 6 nitrogen and oxygen atoms in total. The van der Waals surface area contributed by atoms with Crippen molar-refractivity contribution in [2.45, 2.75) is 6.10 Å². The van der Waals surface area contributed by atoms with E-state index in [1.165, 1.54) is 7.11 Å². The van der Waals surface area contributed by atoms with Crippen molar-refractivity contribution < 1.29 is 9.84 Å². The summed E-state index contributed by atoms with van der Waals surface area (Å²) >= 11 is 3.39. The average molecular weight is 339 g/mol. The number of aromatic nitrogens is 3. The van der Waals surface area contributed by atoms with Crippen LogP contribution in [0.3, 0.4) is 0 Å². The fourth-order valence-electron chi connectivity index (χ4n) is 1.73. The molecule has 1 unspecified atom stereocenters. The number of anilines is 1. The SMILES string of the molecule is COc1ncc(Br)c(N(C)CC(O)c2cccnc2)n1. The third kappa shape index (κ3) is 3.43. The van der Waals surface area contributed by atoms with E-state index in [2.05, 4.69) is 30.9 Å². The molecule has 0 fully saturated rings. The fraction of sp³-hybridized carbons (Fsp3) is 0.308. The van der Waals surface area contributed by atoms with E-state index in [1.54, 1.807) is 24.7 Å². The van der Waals surface area contributed by atoms with E-state index in [1.807, 2.05) is 18.0 Å². The standard InChI is InChI=1S/C13H15BrN4O2/c1-18(8-11(19)9-4-3-5-15-6-9)12-10(14)7-16-13(17-12)20-2/h3-7,11,19H,8H2,1-2H3. The van der Waals surface area contributed by atoms with Crippen LogP contribution in [0.2, 0.25) is 0 Å². The van der Waals surface area contributed by atoms with Gasteiger partial charge in [0.05, 0.1) is 23.9 Å². The van der Waals surface area contributed by atoms with Crippen LogP contribution in [-0.2, 0) is 0 Å². The first-order chi connectivity index (χ1) is 9.61. The summed E-state index contributed by atoms with van der Waals surface area (Å²) in [5.74, 6) is 0.653. The highest BCUT2D eigenvalue weighted by Crippen LogP contribution is 2.25. The lowest BCUT2D eigenvalue weighted by atomic mass is 10.1. The number of halogens is 1. The molecule has 2 aromatic rings. The molecule has 0 aliphatic heterocycles. The van der Waals surface area contributed by atoms with E-state index in [0.29, 0.717) is 12.4 Å². The Morgan fingerprint density at radius 2 is 2.25 bits per heavy atom. The lowest BCUT2D eigenvalue weighted by Gasteiger charge is -2.22. The lowest BCUT2D eigenvalue weighted by molar-refractivity contribution is 0.184. The number of hydrogen-bond acceptors (Lipinski definition) is 6. The number of aliphatic hydroxyl groups is 1. The van der Waals surface area contributed by atoms with E-state index in [0.717, 1.165) is 10.0 Å².